The first kappa shape index (κ1) is 17.0. The molecule has 2 amide bonds. The zero-order valence-electron chi connectivity index (χ0n) is 14.0. The summed E-state index contributed by atoms with van der Waals surface area (Å²) in [7, 11) is 0. The van der Waals surface area contributed by atoms with Crippen molar-refractivity contribution < 1.29 is 14.3 Å². The molecule has 0 unspecified atom stereocenters. The van der Waals surface area contributed by atoms with E-state index in [0.717, 1.165) is 31.4 Å². The highest BCUT2D eigenvalue weighted by molar-refractivity contribution is 6.03. The van der Waals surface area contributed by atoms with Crippen LogP contribution in [0.3, 0.4) is 0 Å². The minimum absolute atomic E-state index is 0.154. The highest BCUT2D eigenvalue weighted by atomic mass is 16.5. The van der Waals surface area contributed by atoms with Gasteiger partial charge in [-0.3, -0.25) is 9.59 Å². The molecule has 0 radical (unpaired) electrons. The van der Waals surface area contributed by atoms with Gasteiger partial charge < -0.3 is 15.4 Å². The van der Waals surface area contributed by atoms with Gasteiger partial charge in [-0.2, -0.15) is 0 Å². The fourth-order valence-electron chi connectivity index (χ4n) is 2.93. The van der Waals surface area contributed by atoms with Crippen molar-refractivity contribution in [3.63, 3.8) is 0 Å². The molecule has 5 nitrogen and oxygen atoms in total. The van der Waals surface area contributed by atoms with Crippen molar-refractivity contribution in [2.45, 2.75) is 38.1 Å². The van der Waals surface area contributed by atoms with Gasteiger partial charge in [0.05, 0.1) is 0 Å². The molecule has 0 heterocycles. The van der Waals surface area contributed by atoms with Crippen LogP contribution in [0.2, 0.25) is 0 Å². The number of carbonyl (C=O) groups is 2. The van der Waals surface area contributed by atoms with Gasteiger partial charge in [0.2, 0.25) is 11.8 Å². The van der Waals surface area contributed by atoms with E-state index in [1.807, 2.05) is 30.3 Å². The molecule has 0 spiro atoms. The standard InChI is InChI=1S/C20H22N2O3/c23-19(21-15-6-4-5-7-15)14-20(24)22-16-10-12-18(13-11-16)25-17-8-2-1-3-9-17/h1-3,8-13,15H,4-7,14H2,(H,21,23)(H,22,24). The van der Waals surface area contributed by atoms with E-state index in [1.54, 1.807) is 24.3 Å². The second-order valence-corrected chi connectivity index (χ2v) is 6.21. The van der Waals surface area contributed by atoms with Crippen molar-refractivity contribution >= 4 is 17.5 Å². The summed E-state index contributed by atoms with van der Waals surface area (Å²) in [4.78, 5) is 23.8. The van der Waals surface area contributed by atoms with Gasteiger partial charge in [0, 0.05) is 11.7 Å². The van der Waals surface area contributed by atoms with Crippen LogP contribution in [0, 0.1) is 0 Å². The third-order valence-electron chi connectivity index (χ3n) is 4.16. The molecule has 2 aromatic rings. The molecule has 0 saturated heterocycles. The summed E-state index contributed by atoms with van der Waals surface area (Å²) in [6.45, 7) is 0. The Morgan fingerprint density at radius 2 is 1.52 bits per heavy atom. The second kappa shape index (κ2) is 8.33. The normalized spacial score (nSPS) is 14.1. The van der Waals surface area contributed by atoms with E-state index in [0.29, 0.717) is 11.4 Å². The first-order chi connectivity index (χ1) is 12.2. The number of anilines is 1. The lowest BCUT2D eigenvalue weighted by molar-refractivity contribution is -0.127. The van der Waals surface area contributed by atoms with Crippen LogP contribution in [-0.4, -0.2) is 17.9 Å². The summed E-state index contributed by atoms with van der Waals surface area (Å²) in [5.74, 6) is 0.909. The third kappa shape index (κ3) is 5.35. The average molecular weight is 338 g/mol. The van der Waals surface area contributed by atoms with Crippen LogP contribution in [0.5, 0.6) is 11.5 Å². The molecule has 1 saturated carbocycles. The number of nitrogens with one attached hydrogen (secondary N) is 2. The molecule has 0 atom stereocenters. The van der Waals surface area contributed by atoms with E-state index < -0.39 is 0 Å². The highest BCUT2D eigenvalue weighted by Crippen LogP contribution is 2.22. The lowest BCUT2D eigenvalue weighted by Gasteiger charge is -2.12. The van der Waals surface area contributed by atoms with E-state index in [4.69, 9.17) is 4.74 Å². The van der Waals surface area contributed by atoms with Gasteiger partial charge in [0.25, 0.3) is 0 Å². The summed E-state index contributed by atoms with van der Waals surface area (Å²) >= 11 is 0. The zero-order valence-corrected chi connectivity index (χ0v) is 14.0. The van der Waals surface area contributed by atoms with Gasteiger partial charge in [-0.05, 0) is 49.2 Å². The fraction of sp³-hybridized carbons (Fsp3) is 0.300. The largest absolute Gasteiger partial charge is 0.457 e. The van der Waals surface area contributed by atoms with Gasteiger partial charge in [-0.25, -0.2) is 0 Å². The number of ether oxygens (including phenoxy) is 1. The predicted molar refractivity (Wildman–Crippen MR) is 96.6 cm³/mol. The first-order valence-electron chi connectivity index (χ1n) is 8.61. The maximum Gasteiger partial charge on any atom is 0.233 e. The van der Waals surface area contributed by atoms with Crippen molar-refractivity contribution in [1.29, 1.82) is 0 Å². The Morgan fingerprint density at radius 1 is 0.880 bits per heavy atom. The summed E-state index contributed by atoms with van der Waals surface area (Å²) in [6, 6.07) is 16.8. The highest BCUT2D eigenvalue weighted by Gasteiger charge is 2.18. The molecule has 0 aromatic heterocycles. The maximum absolute atomic E-state index is 12.0. The van der Waals surface area contributed by atoms with Crippen molar-refractivity contribution in [2.24, 2.45) is 0 Å². The van der Waals surface area contributed by atoms with Crippen molar-refractivity contribution in [1.82, 2.24) is 5.32 Å². The van der Waals surface area contributed by atoms with E-state index in [-0.39, 0.29) is 24.3 Å². The van der Waals surface area contributed by atoms with Gasteiger partial charge in [-0.1, -0.05) is 31.0 Å². The molecule has 0 aliphatic heterocycles. The molecule has 1 aliphatic rings. The molecule has 1 fully saturated rings. The van der Waals surface area contributed by atoms with Crippen molar-refractivity contribution in [3.8, 4) is 11.5 Å². The minimum atomic E-state index is -0.313. The van der Waals surface area contributed by atoms with Crippen LogP contribution < -0.4 is 15.4 Å². The van der Waals surface area contributed by atoms with E-state index in [9.17, 15) is 9.59 Å². The maximum atomic E-state index is 12.0. The minimum Gasteiger partial charge on any atom is -0.457 e. The third-order valence-corrected chi connectivity index (χ3v) is 4.16. The van der Waals surface area contributed by atoms with Crippen molar-refractivity contribution in [2.75, 3.05) is 5.32 Å². The molecule has 2 N–H and O–H groups in total. The second-order valence-electron chi connectivity index (χ2n) is 6.21. The molecule has 1 aliphatic carbocycles. The molecule has 2 aromatic carbocycles. The molecule has 3 rings (SSSR count). The monoisotopic (exact) mass is 338 g/mol. The van der Waals surface area contributed by atoms with Crippen LogP contribution in [-0.2, 0) is 9.59 Å². The lowest BCUT2D eigenvalue weighted by atomic mass is 10.2. The summed E-state index contributed by atoms with van der Waals surface area (Å²) in [5, 5.41) is 5.65. The van der Waals surface area contributed by atoms with Crippen LogP contribution >= 0.6 is 0 Å². The summed E-state index contributed by atoms with van der Waals surface area (Å²) in [5.41, 5.74) is 0.638. The Kier molecular flexibility index (Phi) is 5.67. The molecule has 25 heavy (non-hydrogen) atoms. The van der Waals surface area contributed by atoms with E-state index in [1.165, 1.54) is 0 Å². The van der Waals surface area contributed by atoms with Gasteiger partial charge >= 0.3 is 0 Å². The lowest BCUT2D eigenvalue weighted by Crippen LogP contribution is -2.34. The number of hydrogen-bond donors (Lipinski definition) is 2. The molecule has 0 bridgehead atoms. The topological polar surface area (TPSA) is 67.4 Å². The number of para-hydroxylation sites is 1. The van der Waals surface area contributed by atoms with E-state index >= 15 is 0 Å². The van der Waals surface area contributed by atoms with E-state index in [2.05, 4.69) is 10.6 Å². The van der Waals surface area contributed by atoms with Gasteiger partial charge in [-0.15, -0.1) is 0 Å². The first-order valence-corrected chi connectivity index (χ1v) is 8.61. The van der Waals surface area contributed by atoms with Crippen molar-refractivity contribution in [3.05, 3.63) is 54.6 Å². The quantitative estimate of drug-likeness (QED) is 0.786. The summed E-state index contributed by atoms with van der Waals surface area (Å²) < 4.78 is 5.70. The molecular formula is C20H22N2O3. The Morgan fingerprint density at radius 3 is 2.20 bits per heavy atom. The molecule has 5 heteroatoms. The Labute approximate surface area is 147 Å². The van der Waals surface area contributed by atoms with Crippen LogP contribution in [0.1, 0.15) is 32.1 Å². The number of amides is 2. The Bertz CT molecular complexity index is 707. The summed E-state index contributed by atoms with van der Waals surface area (Å²) in [6.07, 6.45) is 4.16. The van der Waals surface area contributed by atoms with Gasteiger partial charge in [0.15, 0.2) is 0 Å². The predicted octanol–water partition coefficient (Wildman–Crippen LogP) is 3.87. The van der Waals surface area contributed by atoms with Crippen LogP contribution in [0.15, 0.2) is 54.6 Å². The number of rotatable bonds is 6. The number of carbonyl (C=O) groups excluding carboxylic acids is 2. The Balaban J connectivity index is 1.47. The molecular weight excluding hydrogens is 316 g/mol. The molecule has 130 valence electrons. The zero-order chi connectivity index (χ0) is 17.5. The Hall–Kier alpha value is -2.82. The van der Waals surface area contributed by atoms with Crippen LogP contribution in [0.25, 0.3) is 0 Å². The SMILES string of the molecule is O=C(CC(=O)NC1CCCC1)Nc1ccc(Oc2ccccc2)cc1. The number of hydrogen-bond acceptors (Lipinski definition) is 3. The van der Waals surface area contributed by atoms with Crippen LogP contribution in [0.4, 0.5) is 5.69 Å². The average Bonchev–Trinajstić information content (AvgIpc) is 3.10. The van der Waals surface area contributed by atoms with Gasteiger partial charge in [0.1, 0.15) is 17.9 Å². The fourth-order valence-corrected chi connectivity index (χ4v) is 2.93. The number of benzene rings is 2. The smallest absolute Gasteiger partial charge is 0.233 e.